The zero-order valence-electron chi connectivity index (χ0n) is 8.68. The third-order valence-electron chi connectivity index (χ3n) is 2.18. The molecule has 2 aromatic rings. The molecule has 0 radical (unpaired) electrons. The van der Waals surface area contributed by atoms with Gasteiger partial charge in [0, 0.05) is 11.8 Å². The molecule has 2 heteroatoms. The Morgan fingerprint density at radius 3 is 2.60 bits per heavy atom. The first kappa shape index (κ1) is 9.71. The number of hydrogen-bond acceptors (Lipinski definition) is 2. The van der Waals surface area contributed by atoms with Crippen molar-refractivity contribution in [2.45, 2.75) is 13.5 Å². The lowest BCUT2D eigenvalue weighted by Crippen LogP contribution is -1.98. The lowest BCUT2D eigenvalue weighted by molar-refractivity contribution is 0.291. The van der Waals surface area contributed by atoms with Crippen molar-refractivity contribution < 1.29 is 4.74 Å². The summed E-state index contributed by atoms with van der Waals surface area (Å²) in [6, 6.07) is 14.0. The number of hydrogen-bond donors (Lipinski definition) is 0. The first-order chi connectivity index (χ1) is 7.36. The zero-order chi connectivity index (χ0) is 10.5. The lowest BCUT2D eigenvalue weighted by atomic mass is 10.2. The van der Waals surface area contributed by atoms with E-state index in [9.17, 15) is 0 Å². The van der Waals surface area contributed by atoms with E-state index in [4.69, 9.17) is 4.74 Å². The molecule has 15 heavy (non-hydrogen) atoms. The molecule has 2 nitrogen and oxygen atoms in total. The zero-order valence-corrected chi connectivity index (χ0v) is 8.68. The van der Waals surface area contributed by atoms with Gasteiger partial charge in [0.1, 0.15) is 6.61 Å². The Balaban J connectivity index is 2.03. The Morgan fingerprint density at radius 2 is 1.87 bits per heavy atom. The van der Waals surface area contributed by atoms with Crippen molar-refractivity contribution in [3.63, 3.8) is 0 Å². The van der Waals surface area contributed by atoms with E-state index >= 15 is 0 Å². The maximum Gasteiger partial charge on any atom is 0.216 e. The van der Waals surface area contributed by atoms with Crippen molar-refractivity contribution >= 4 is 0 Å². The second-order valence-electron chi connectivity index (χ2n) is 3.40. The Bertz CT molecular complexity index is 426. The van der Waals surface area contributed by atoms with E-state index < -0.39 is 0 Å². The van der Waals surface area contributed by atoms with Crippen LogP contribution < -0.4 is 4.74 Å². The van der Waals surface area contributed by atoms with Crippen LogP contribution in [-0.2, 0) is 6.61 Å². The molecule has 0 fully saturated rings. The van der Waals surface area contributed by atoms with E-state index in [0.29, 0.717) is 12.5 Å². The van der Waals surface area contributed by atoms with Crippen LogP contribution in [0.3, 0.4) is 0 Å². The van der Waals surface area contributed by atoms with Gasteiger partial charge in [-0.15, -0.1) is 0 Å². The molecule has 0 saturated carbocycles. The van der Waals surface area contributed by atoms with Crippen molar-refractivity contribution in [3.05, 3.63) is 59.8 Å². The molecule has 1 heterocycles. The summed E-state index contributed by atoms with van der Waals surface area (Å²) in [5.41, 5.74) is 2.22. The van der Waals surface area contributed by atoms with Gasteiger partial charge in [-0.2, -0.15) is 0 Å². The summed E-state index contributed by atoms with van der Waals surface area (Å²) in [6.45, 7) is 2.56. The standard InChI is InChI=1S/C13H13NO/c1-11-6-5-9-14-13(11)15-10-12-7-3-2-4-8-12/h2-9H,10H2,1H3. The van der Waals surface area contributed by atoms with Crippen molar-refractivity contribution in [1.82, 2.24) is 4.98 Å². The predicted octanol–water partition coefficient (Wildman–Crippen LogP) is 2.97. The number of aryl methyl sites for hydroxylation is 1. The third kappa shape index (κ3) is 2.56. The van der Waals surface area contributed by atoms with Crippen LogP contribution in [-0.4, -0.2) is 4.98 Å². The molecule has 2 rings (SSSR count). The molecule has 0 aliphatic carbocycles. The second kappa shape index (κ2) is 4.60. The van der Waals surface area contributed by atoms with Crippen LogP contribution in [0.5, 0.6) is 5.88 Å². The van der Waals surface area contributed by atoms with Crippen molar-refractivity contribution in [1.29, 1.82) is 0 Å². The summed E-state index contributed by atoms with van der Waals surface area (Å²) in [5.74, 6) is 0.710. The molecular weight excluding hydrogens is 186 g/mol. The highest BCUT2D eigenvalue weighted by Gasteiger charge is 1.99. The molecule has 0 spiro atoms. The first-order valence-corrected chi connectivity index (χ1v) is 4.94. The molecule has 0 N–H and O–H groups in total. The van der Waals surface area contributed by atoms with E-state index in [1.165, 1.54) is 0 Å². The molecule has 0 saturated heterocycles. The number of rotatable bonds is 3. The summed E-state index contributed by atoms with van der Waals surface area (Å²) < 4.78 is 5.61. The average molecular weight is 199 g/mol. The maximum atomic E-state index is 5.61. The van der Waals surface area contributed by atoms with Crippen LogP contribution >= 0.6 is 0 Å². The fourth-order valence-corrected chi connectivity index (χ4v) is 1.35. The number of nitrogens with zero attached hydrogens (tertiary/aromatic N) is 1. The SMILES string of the molecule is Cc1cccnc1OCc1ccccc1. The van der Waals surface area contributed by atoms with Crippen LogP contribution in [0.2, 0.25) is 0 Å². The summed E-state index contributed by atoms with van der Waals surface area (Å²) in [6.07, 6.45) is 1.74. The molecule has 0 atom stereocenters. The van der Waals surface area contributed by atoms with Gasteiger partial charge in [-0.3, -0.25) is 0 Å². The van der Waals surface area contributed by atoms with Gasteiger partial charge in [-0.05, 0) is 18.6 Å². The van der Waals surface area contributed by atoms with E-state index in [2.05, 4.69) is 4.98 Å². The number of benzene rings is 1. The maximum absolute atomic E-state index is 5.61. The molecule has 0 aliphatic heterocycles. The monoisotopic (exact) mass is 199 g/mol. The van der Waals surface area contributed by atoms with Crippen LogP contribution in [0.4, 0.5) is 0 Å². The topological polar surface area (TPSA) is 22.1 Å². The van der Waals surface area contributed by atoms with Crippen LogP contribution in [0, 0.1) is 6.92 Å². The highest BCUT2D eigenvalue weighted by molar-refractivity contribution is 5.24. The molecule has 1 aromatic heterocycles. The lowest BCUT2D eigenvalue weighted by Gasteiger charge is -2.06. The summed E-state index contributed by atoms with van der Waals surface area (Å²) in [5, 5.41) is 0. The van der Waals surface area contributed by atoms with Gasteiger partial charge >= 0.3 is 0 Å². The summed E-state index contributed by atoms with van der Waals surface area (Å²) in [7, 11) is 0. The minimum atomic E-state index is 0.568. The molecule has 0 aliphatic rings. The van der Waals surface area contributed by atoms with E-state index in [1.807, 2.05) is 49.4 Å². The molecule has 76 valence electrons. The van der Waals surface area contributed by atoms with Gasteiger partial charge in [0.15, 0.2) is 0 Å². The highest BCUT2D eigenvalue weighted by atomic mass is 16.5. The minimum Gasteiger partial charge on any atom is -0.473 e. The molecular formula is C13H13NO. The Hall–Kier alpha value is -1.83. The van der Waals surface area contributed by atoms with Crippen molar-refractivity contribution in [2.24, 2.45) is 0 Å². The molecule has 1 aromatic carbocycles. The Labute approximate surface area is 89.6 Å². The van der Waals surface area contributed by atoms with E-state index in [-0.39, 0.29) is 0 Å². The van der Waals surface area contributed by atoms with Crippen LogP contribution in [0.15, 0.2) is 48.7 Å². The molecule has 0 bridgehead atoms. The number of pyridine rings is 1. The fourth-order valence-electron chi connectivity index (χ4n) is 1.35. The fraction of sp³-hybridized carbons (Fsp3) is 0.154. The quantitative estimate of drug-likeness (QED) is 0.758. The Morgan fingerprint density at radius 1 is 1.07 bits per heavy atom. The normalized spacial score (nSPS) is 9.93. The predicted molar refractivity (Wildman–Crippen MR) is 59.7 cm³/mol. The van der Waals surface area contributed by atoms with Gasteiger partial charge in [-0.1, -0.05) is 36.4 Å². The van der Waals surface area contributed by atoms with E-state index in [1.54, 1.807) is 6.20 Å². The van der Waals surface area contributed by atoms with Crippen LogP contribution in [0.1, 0.15) is 11.1 Å². The smallest absolute Gasteiger partial charge is 0.216 e. The van der Waals surface area contributed by atoms with Gasteiger partial charge in [0.2, 0.25) is 5.88 Å². The third-order valence-corrected chi connectivity index (χ3v) is 2.18. The van der Waals surface area contributed by atoms with Crippen molar-refractivity contribution in [2.75, 3.05) is 0 Å². The number of ether oxygens (including phenoxy) is 1. The average Bonchev–Trinajstić information content (AvgIpc) is 2.29. The largest absolute Gasteiger partial charge is 0.473 e. The van der Waals surface area contributed by atoms with Gasteiger partial charge in [0.25, 0.3) is 0 Å². The highest BCUT2D eigenvalue weighted by Crippen LogP contribution is 2.13. The molecule has 0 unspecified atom stereocenters. The van der Waals surface area contributed by atoms with Crippen LogP contribution in [0.25, 0.3) is 0 Å². The summed E-state index contributed by atoms with van der Waals surface area (Å²) in [4.78, 5) is 4.17. The number of aromatic nitrogens is 1. The summed E-state index contributed by atoms with van der Waals surface area (Å²) >= 11 is 0. The minimum absolute atomic E-state index is 0.568. The van der Waals surface area contributed by atoms with Gasteiger partial charge in [-0.25, -0.2) is 4.98 Å². The van der Waals surface area contributed by atoms with Crippen molar-refractivity contribution in [3.8, 4) is 5.88 Å². The first-order valence-electron chi connectivity index (χ1n) is 4.94. The van der Waals surface area contributed by atoms with Gasteiger partial charge < -0.3 is 4.74 Å². The Kier molecular flexibility index (Phi) is 2.98. The van der Waals surface area contributed by atoms with E-state index in [0.717, 1.165) is 11.1 Å². The molecule has 0 amide bonds. The van der Waals surface area contributed by atoms with Gasteiger partial charge in [0.05, 0.1) is 0 Å². The second-order valence-corrected chi connectivity index (χ2v) is 3.40.